The summed E-state index contributed by atoms with van der Waals surface area (Å²) in [5, 5.41) is 0. The molecule has 50 valence electrons. The molecule has 1 aliphatic rings. The summed E-state index contributed by atoms with van der Waals surface area (Å²) in [4.78, 5) is 0. The summed E-state index contributed by atoms with van der Waals surface area (Å²) >= 11 is 2.41. The molecule has 0 fully saturated rings. The lowest BCUT2D eigenvalue weighted by Gasteiger charge is -2.08. The molecule has 0 radical (unpaired) electrons. The molecule has 0 aliphatic heterocycles. The van der Waals surface area contributed by atoms with E-state index in [9.17, 15) is 0 Å². The zero-order valence-electron chi connectivity index (χ0n) is 5.65. The van der Waals surface area contributed by atoms with Crippen molar-refractivity contribution in [1.29, 1.82) is 0 Å². The van der Waals surface area contributed by atoms with E-state index >= 15 is 0 Å². The van der Waals surface area contributed by atoms with Crippen LogP contribution < -0.4 is 0 Å². The lowest BCUT2D eigenvalue weighted by atomic mass is 10.0. The van der Waals surface area contributed by atoms with Gasteiger partial charge in [0.1, 0.15) is 0 Å². The van der Waals surface area contributed by atoms with Gasteiger partial charge in [-0.3, -0.25) is 0 Å². The van der Waals surface area contributed by atoms with E-state index in [1.54, 1.807) is 5.57 Å². The molecule has 0 unspecified atom stereocenters. The third-order valence-electron chi connectivity index (χ3n) is 1.64. The standard InChI is InChI=1S/C8H11I/c1-2-7-5-3-4-6-8(7)9/h4,6H,2-3,5H2,1H3. The topological polar surface area (TPSA) is 0 Å². The fraction of sp³-hybridized carbons (Fsp3) is 0.500. The highest BCUT2D eigenvalue weighted by atomic mass is 127. The second-order valence-electron chi connectivity index (χ2n) is 2.25. The summed E-state index contributed by atoms with van der Waals surface area (Å²) in [6.07, 6.45) is 8.23. The van der Waals surface area contributed by atoms with Gasteiger partial charge in [-0.15, -0.1) is 0 Å². The average Bonchev–Trinajstić information content (AvgIpc) is 1.89. The Bertz CT molecular complexity index is 154. The largest absolute Gasteiger partial charge is 0.0832 e. The number of hydrogen-bond donors (Lipinski definition) is 0. The molecule has 0 N–H and O–H groups in total. The molecule has 0 saturated carbocycles. The van der Waals surface area contributed by atoms with Crippen LogP contribution in [-0.4, -0.2) is 0 Å². The molecule has 1 aliphatic carbocycles. The highest BCUT2D eigenvalue weighted by Gasteiger charge is 2.01. The van der Waals surface area contributed by atoms with Crippen LogP contribution >= 0.6 is 22.6 Å². The number of hydrogen-bond acceptors (Lipinski definition) is 0. The van der Waals surface area contributed by atoms with Crippen LogP contribution in [0.2, 0.25) is 0 Å². The van der Waals surface area contributed by atoms with E-state index in [-0.39, 0.29) is 0 Å². The monoisotopic (exact) mass is 234 g/mol. The summed E-state index contributed by atoms with van der Waals surface area (Å²) in [6, 6.07) is 0. The van der Waals surface area contributed by atoms with Gasteiger partial charge in [-0.1, -0.05) is 24.6 Å². The lowest BCUT2D eigenvalue weighted by molar-refractivity contribution is 0.893. The predicted molar refractivity (Wildman–Crippen MR) is 49.7 cm³/mol. The first kappa shape index (κ1) is 7.32. The zero-order chi connectivity index (χ0) is 6.69. The molecule has 0 aromatic rings. The van der Waals surface area contributed by atoms with Gasteiger partial charge in [0.15, 0.2) is 0 Å². The maximum absolute atomic E-state index is 2.41. The third kappa shape index (κ3) is 1.81. The predicted octanol–water partition coefficient (Wildman–Crippen LogP) is 3.44. The summed E-state index contributed by atoms with van der Waals surface area (Å²) < 4.78 is 1.46. The van der Waals surface area contributed by atoms with E-state index in [1.807, 2.05) is 0 Å². The third-order valence-corrected chi connectivity index (χ3v) is 2.76. The molecular weight excluding hydrogens is 223 g/mol. The van der Waals surface area contributed by atoms with E-state index in [0.29, 0.717) is 0 Å². The van der Waals surface area contributed by atoms with Gasteiger partial charge in [-0.05, 0) is 41.9 Å². The van der Waals surface area contributed by atoms with Crippen LogP contribution in [0.5, 0.6) is 0 Å². The molecule has 0 bridgehead atoms. The normalized spacial score (nSPS) is 18.9. The van der Waals surface area contributed by atoms with Gasteiger partial charge in [0.05, 0.1) is 0 Å². The van der Waals surface area contributed by atoms with Gasteiger partial charge in [0.2, 0.25) is 0 Å². The van der Waals surface area contributed by atoms with Crippen molar-refractivity contribution in [2.45, 2.75) is 26.2 Å². The van der Waals surface area contributed by atoms with Crippen molar-refractivity contribution < 1.29 is 0 Å². The minimum absolute atomic E-state index is 1.22. The molecule has 1 rings (SSSR count). The van der Waals surface area contributed by atoms with Crippen molar-refractivity contribution in [3.8, 4) is 0 Å². The van der Waals surface area contributed by atoms with Crippen LogP contribution in [0.4, 0.5) is 0 Å². The van der Waals surface area contributed by atoms with Crippen molar-refractivity contribution in [2.24, 2.45) is 0 Å². The molecule has 9 heavy (non-hydrogen) atoms. The van der Waals surface area contributed by atoms with Crippen LogP contribution in [0.3, 0.4) is 0 Å². The van der Waals surface area contributed by atoms with Crippen molar-refractivity contribution in [3.63, 3.8) is 0 Å². The maximum Gasteiger partial charge on any atom is 0.0119 e. The second-order valence-corrected chi connectivity index (χ2v) is 3.41. The molecule has 0 aromatic carbocycles. The smallest absolute Gasteiger partial charge is 0.0119 e. The van der Waals surface area contributed by atoms with Crippen molar-refractivity contribution in [3.05, 3.63) is 21.3 Å². The minimum Gasteiger partial charge on any atom is -0.0832 e. The minimum atomic E-state index is 1.22. The summed E-state index contributed by atoms with van der Waals surface area (Å²) in [5.41, 5.74) is 1.62. The van der Waals surface area contributed by atoms with Crippen LogP contribution in [0.15, 0.2) is 21.3 Å². The Hall–Kier alpha value is 0.210. The molecular formula is C8H11I. The Morgan fingerprint density at radius 3 is 2.89 bits per heavy atom. The highest BCUT2D eigenvalue weighted by molar-refractivity contribution is 14.1. The molecule has 0 saturated heterocycles. The Balaban J connectivity index is 2.72. The van der Waals surface area contributed by atoms with Crippen molar-refractivity contribution in [2.75, 3.05) is 0 Å². The number of rotatable bonds is 1. The summed E-state index contributed by atoms with van der Waals surface area (Å²) in [5.74, 6) is 0. The highest BCUT2D eigenvalue weighted by Crippen LogP contribution is 2.25. The van der Waals surface area contributed by atoms with Gasteiger partial charge in [0.25, 0.3) is 0 Å². The first-order valence-corrected chi connectivity index (χ1v) is 4.46. The molecule has 0 spiro atoms. The molecule has 0 nitrogen and oxygen atoms in total. The maximum atomic E-state index is 2.41. The van der Waals surface area contributed by atoms with Gasteiger partial charge in [0, 0.05) is 3.58 Å². The van der Waals surface area contributed by atoms with Gasteiger partial charge in [-0.25, -0.2) is 0 Å². The molecule has 1 heteroatoms. The Morgan fingerprint density at radius 1 is 1.67 bits per heavy atom. The SMILES string of the molecule is CCC1=C(I)C=CCC1. The van der Waals surface area contributed by atoms with Crippen molar-refractivity contribution in [1.82, 2.24) is 0 Å². The molecule has 0 amide bonds. The van der Waals surface area contributed by atoms with Crippen LogP contribution in [0, 0.1) is 0 Å². The van der Waals surface area contributed by atoms with Gasteiger partial charge in [-0.2, -0.15) is 0 Å². The van der Waals surface area contributed by atoms with E-state index in [4.69, 9.17) is 0 Å². The quantitative estimate of drug-likeness (QED) is 0.609. The molecule has 0 aromatic heterocycles. The first-order chi connectivity index (χ1) is 4.34. The van der Waals surface area contributed by atoms with Gasteiger partial charge < -0.3 is 0 Å². The average molecular weight is 234 g/mol. The Kier molecular flexibility index (Phi) is 2.76. The fourth-order valence-corrected chi connectivity index (χ4v) is 1.93. The van der Waals surface area contributed by atoms with E-state index in [2.05, 4.69) is 41.7 Å². The van der Waals surface area contributed by atoms with E-state index in [0.717, 1.165) is 0 Å². The summed E-state index contributed by atoms with van der Waals surface area (Å²) in [6.45, 7) is 2.23. The molecule has 0 heterocycles. The zero-order valence-corrected chi connectivity index (χ0v) is 7.81. The summed E-state index contributed by atoms with van der Waals surface area (Å²) in [7, 11) is 0. The van der Waals surface area contributed by atoms with Crippen molar-refractivity contribution >= 4 is 22.6 Å². The van der Waals surface area contributed by atoms with Crippen LogP contribution in [0.25, 0.3) is 0 Å². The van der Waals surface area contributed by atoms with Crippen LogP contribution in [-0.2, 0) is 0 Å². The van der Waals surface area contributed by atoms with E-state index in [1.165, 1.54) is 22.8 Å². The lowest BCUT2D eigenvalue weighted by Crippen LogP contribution is -1.87. The molecule has 0 atom stereocenters. The second kappa shape index (κ2) is 3.40. The Morgan fingerprint density at radius 2 is 2.44 bits per heavy atom. The first-order valence-electron chi connectivity index (χ1n) is 3.38. The Labute approximate surface area is 70.2 Å². The number of halogens is 1. The van der Waals surface area contributed by atoms with Crippen LogP contribution in [0.1, 0.15) is 26.2 Å². The van der Waals surface area contributed by atoms with Gasteiger partial charge >= 0.3 is 0 Å². The fourth-order valence-electron chi connectivity index (χ4n) is 1.03. The number of allylic oxidation sites excluding steroid dienone is 4. The van der Waals surface area contributed by atoms with E-state index < -0.39 is 0 Å².